The Morgan fingerprint density at radius 1 is 1.21 bits per heavy atom. The zero-order valence-corrected chi connectivity index (χ0v) is 25.9. The predicted molar refractivity (Wildman–Crippen MR) is 173 cm³/mol. The smallest absolute Gasteiger partial charge is 0.0918 e. The third-order valence-corrected chi connectivity index (χ3v) is 9.83. The van der Waals surface area contributed by atoms with Gasteiger partial charge in [-0.2, -0.15) is 0 Å². The van der Waals surface area contributed by atoms with Crippen LogP contribution in [0.3, 0.4) is 0 Å². The highest BCUT2D eigenvalue weighted by atomic mass is 32.2. The lowest BCUT2D eigenvalue weighted by Crippen LogP contribution is -2.45. The monoisotopic (exact) mass is 543 g/mol. The maximum Gasteiger partial charge on any atom is 0.0918 e. The Morgan fingerprint density at radius 2 is 1.97 bits per heavy atom. The number of aryl methyl sites for hydroxylation is 1. The highest BCUT2D eigenvalue weighted by molar-refractivity contribution is 7.96. The van der Waals surface area contributed by atoms with Crippen molar-refractivity contribution in [1.82, 2.24) is 14.5 Å². The molecule has 0 spiro atoms. The minimum absolute atomic E-state index is 0.0859. The molecule has 1 saturated carbocycles. The van der Waals surface area contributed by atoms with Crippen LogP contribution in [0.4, 0.5) is 0 Å². The molecule has 0 radical (unpaired) electrons. The molecule has 4 atom stereocenters. The zero-order valence-electron chi connectivity index (χ0n) is 25.0. The Bertz CT molecular complexity index is 1180. The SMILES string of the molecule is C=Cc1cc(/C=C/CCN(SC)C2CC3C(C)C3N2C(=C)CNCCC)ccc1C(C)(C)c1ccccc1C. The van der Waals surface area contributed by atoms with E-state index in [0.29, 0.717) is 12.2 Å². The number of hydrogen-bond acceptors (Lipinski definition) is 4. The molecule has 0 bridgehead atoms. The second-order valence-corrected chi connectivity index (χ2v) is 12.7. The van der Waals surface area contributed by atoms with Crippen LogP contribution in [-0.2, 0) is 5.41 Å². The van der Waals surface area contributed by atoms with Crippen molar-refractivity contribution in [2.45, 2.75) is 71.5 Å². The van der Waals surface area contributed by atoms with Gasteiger partial charge in [0.2, 0.25) is 0 Å². The first kappa shape index (κ1) is 29.7. The summed E-state index contributed by atoms with van der Waals surface area (Å²) in [5.41, 5.74) is 7.63. The van der Waals surface area contributed by atoms with Crippen molar-refractivity contribution in [2.24, 2.45) is 11.8 Å². The summed E-state index contributed by atoms with van der Waals surface area (Å²) in [7, 11) is 0. The molecule has 1 aliphatic heterocycles. The molecule has 2 aliphatic rings. The number of nitrogens with zero attached hydrogens (tertiary/aromatic N) is 2. The quantitative estimate of drug-likeness (QED) is 0.191. The van der Waals surface area contributed by atoms with Crippen molar-refractivity contribution in [1.29, 1.82) is 0 Å². The Hall–Kier alpha value is -2.27. The molecule has 39 heavy (non-hydrogen) atoms. The van der Waals surface area contributed by atoms with Crippen LogP contribution in [0.15, 0.2) is 67.4 Å². The van der Waals surface area contributed by atoms with E-state index < -0.39 is 0 Å². The maximum absolute atomic E-state index is 4.49. The van der Waals surface area contributed by atoms with Gasteiger partial charge in [0, 0.05) is 30.2 Å². The lowest BCUT2D eigenvalue weighted by molar-refractivity contribution is 0.151. The van der Waals surface area contributed by atoms with E-state index in [2.05, 4.69) is 123 Å². The van der Waals surface area contributed by atoms with E-state index in [4.69, 9.17) is 0 Å². The number of likely N-dealkylation sites (tertiary alicyclic amines) is 1. The first-order chi connectivity index (χ1) is 18.7. The van der Waals surface area contributed by atoms with Crippen molar-refractivity contribution in [3.8, 4) is 0 Å². The minimum Gasteiger partial charge on any atom is -0.354 e. The molecule has 0 aromatic heterocycles. The molecular weight excluding hydrogens is 494 g/mol. The van der Waals surface area contributed by atoms with Gasteiger partial charge in [-0.25, -0.2) is 4.31 Å². The van der Waals surface area contributed by atoms with Crippen LogP contribution in [0.1, 0.15) is 74.8 Å². The van der Waals surface area contributed by atoms with E-state index in [1.807, 2.05) is 18.0 Å². The Labute approximate surface area is 242 Å². The average Bonchev–Trinajstić information content (AvgIpc) is 3.36. The van der Waals surface area contributed by atoms with Crippen molar-refractivity contribution >= 4 is 24.1 Å². The summed E-state index contributed by atoms with van der Waals surface area (Å²) < 4.78 is 2.58. The van der Waals surface area contributed by atoms with Gasteiger partial charge in [-0.05, 0) is 84.7 Å². The lowest BCUT2D eigenvalue weighted by atomic mass is 9.74. The number of benzene rings is 2. The number of piperidine rings is 1. The zero-order chi connectivity index (χ0) is 28.2. The molecule has 2 aromatic carbocycles. The fourth-order valence-electron chi connectivity index (χ4n) is 6.70. The van der Waals surface area contributed by atoms with Crippen molar-refractivity contribution in [2.75, 3.05) is 25.9 Å². The Balaban J connectivity index is 1.40. The molecule has 1 saturated heterocycles. The second kappa shape index (κ2) is 12.9. The summed E-state index contributed by atoms with van der Waals surface area (Å²) >= 11 is 1.88. The predicted octanol–water partition coefficient (Wildman–Crippen LogP) is 8.13. The number of nitrogens with one attached hydrogen (secondary N) is 1. The molecule has 4 unspecified atom stereocenters. The van der Waals surface area contributed by atoms with Crippen LogP contribution >= 0.6 is 11.9 Å². The summed E-state index contributed by atoms with van der Waals surface area (Å²) in [6.07, 6.45) is 12.7. The fraction of sp³-hybridized carbons (Fsp3) is 0.486. The fourth-order valence-corrected chi connectivity index (χ4v) is 7.41. The molecular formula is C35H49N3S. The van der Waals surface area contributed by atoms with Gasteiger partial charge in [-0.1, -0.05) is 107 Å². The van der Waals surface area contributed by atoms with Gasteiger partial charge in [-0.15, -0.1) is 0 Å². The van der Waals surface area contributed by atoms with E-state index in [9.17, 15) is 0 Å². The highest BCUT2D eigenvalue weighted by Crippen LogP contribution is 2.55. The van der Waals surface area contributed by atoms with Crippen LogP contribution in [-0.4, -0.2) is 47.3 Å². The molecule has 0 amide bonds. The molecule has 1 aliphatic carbocycles. The van der Waals surface area contributed by atoms with Crippen LogP contribution in [0.25, 0.3) is 12.2 Å². The van der Waals surface area contributed by atoms with Gasteiger partial charge in [0.1, 0.15) is 0 Å². The largest absolute Gasteiger partial charge is 0.354 e. The van der Waals surface area contributed by atoms with E-state index in [1.165, 1.54) is 39.9 Å². The molecule has 2 aromatic rings. The standard InChI is InChI=1S/C35H49N3S/c1-9-20-36-24-26(4)38-33(23-30-27(5)34(30)38)37(39-8)21-14-13-16-28-18-19-32(29(10-2)22-28)35(6,7)31-17-12-11-15-25(31)3/h10-13,15-19,22,27,30,33-34,36H,2,4,9,14,20-21,23-24H2,1,3,5-8H3/b16-13+. The Morgan fingerprint density at radius 3 is 2.67 bits per heavy atom. The Kier molecular flexibility index (Phi) is 9.85. The molecule has 1 heterocycles. The maximum atomic E-state index is 4.49. The topological polar surface area (TPSA) is 18.5 Å². The highest BCUT2D eigenvalue weighted by Gasteiger charge is 2.59. The van der Waals surface area contributed by atoms with Crippen molar-refractivity contribution in [3.05, 3.63) is 95.2 Å². The number of hydrogen-bond donors (Lipinski definition) is 1. The van der Waals surface area contributed by atoms with E-state index >= 15 is 0 Å². The van der Waals surface area contributed by atoms with Crippen LogP contribution < -0.4 is 5.32 Å². The number of fused-ring (bicyclic) bond motifs is 1. The minimum atomic E-state index is -0.0859. The molecule has 4 rings (SSSR count). The van der Waals surface area contributed by atoms with Crippen LogP contribution in [0, 0.1) is 18.8 Å². The lowest BCUT2D eigenvalue weighted by Gasteiger charge is -2.38. The first-order valence-corrected chi connectivity index (χ1v) is 15.9. The molecule has 4 heteroatoms. The average molecular weight is 544 g/mol. The normalized spacial score (nSPS) is 22.5. The molecule has 1 N–H and O–H groups in total. The van der Waals surface area contributed by atoms with Gasteiger partial charge in [0.25, 0.3) is 0 Å². The summed E-state index contributed by atoms with van der Waals surface area (Å²) in [5.74, 6) is 1.62. The summed E-state index contributed by atoms with van der Waals surface area (Å²) in [5, 5.41) is 3.56. The van der Waals surface area contributed by atoms with Crippen molar-refractivity contribution < 1.29 is 0 Å². The third kappa shape index (κ3) is 6.39. The first-order valence-electron chi connectivity index (χ1n) is 14.7. The van der Waals surface area contributed by atoms with E-state index in [1.54, 1.807) is 0 Å². The number of rotatable bonds is 14. The van der Waals surface area contributed by atoms with Gasteiger partial charge >= 0.3 is 0 Å². The van der Waals surface area contributed by atoms with E-state index in [-0.39, 0.29) is 5.41 Å². The van der Waals surface area contributed by atoms with Gasteiger partial charge < -0.3 is 10.2 Å². The van der Waals surface area contributed by atoms with Gasteiger partial charge in [-0.3, -0.25) is 0 Å². The summed E-state index contributed by atoms with van der Waals surface area (Å²) in [6, 6.07) is 16.2. The van der Waals surface area contributed by atoms with Crippen LogP contribution in [0.5, 0.6) is 0 Å². The van der Waals surface area contributed by atoms with Crippen molar-refractivity contribution in [3.63, 3.8) is 0 Å². The van der Waals surface area contributed by atoms with E-state index in [0.717, 1.165) is 44.3 Å². The summed E-state index contributed by atoms with van der Waals surface area (Å²) in [4.78, 5) is 2.64. The van der Waals surface area contributed by atoms with Gasteiger partial charge in [0.05, 0.1) is 6.17 Å². The molecule has 3 nitrogen and oxygen atoms in total. The molecule has 210 valence electrons. The third-order valence-electron chi connectivity index (χ3n) is 8.94. The van der Waals surface area contributed by atoms with Gasteiger partial charge in [0.15, 0.2) is 0 Å². The summed E-state index contributed by atoms with van der Waals surface area (Å²) in [6.45, 7) is 23.1. The van der Waals surface area contributed by atoms with Crippen LogP contribution in [0.2, 0.25) is 0 Å². The second-order valence-electron chi connectivity index (χ2n) is 11.9. The molecule has 2 fully saturated rings.